The molecular weight excluding hydrogens is 616 g/mol. The number of hydrogen-bond donors (Lipinski definition) is 1. The lowest BCUT2D eigenvalue weighted by atomic mass is 9.76. The molecule has 47 heavy (non-hydrogen) atoms. The van der Waals surface area contributed by atoms with E-state index >= 15 is 0 Å². The van der Waals surface area contributed by atoms with Crippen molar-refractivity contribution in [2.24, 2.45) is 17.8 Å². The summed E-state index contributed by atoms with van der Waals surface area (Å²) in [4.78, 5) is 52.1. The minimum absolute atomic E-state index is 0.0527. The lowest BCUT2D eigenvalue weighted by molar-refractivity contribution is -0.149. The fourth-order valence-corrected chi connectivity index (χ4v) is 7.70. The van der Waals surface area contributed by atoms with Crippen LogP contribution in [-0.4, -0.2) is 72.1 Å². The summed E-state index contributed by atoms with van der Waals surface area (Å²) >= 11 is 1.40. The number of carbonyl (C=O) groups is 3. The van der Waals surface area contributed by atoms with Gasteiger partial charge in [-0.1, -0.05) is 12.2 Å². The summed E-state index contributed by atoms with van der Waals surface area (Å²) in [6.07, 6.45) is 13.8. The van der Waals surface area contributed by atoms with Crippen molar-refractivity contribution in [3.05, 3.63) is 47.0 Å². The van der Waals surface area contributed by atoms with Crippen LogP contribution in [0.3, 0.4) is 0 Å². The Balaban J connectivity index is 1.34. The Morgan fingerprint density at radius 2 is 1.98 bits per heavy atom. The van der Waals surface area contributed by atoms with Crippen molar-refractivity contribution in [1.29, 1.82) is 0 Å². The molecule has 1 N–H and O–H groups in total. The Hall–Kier alpha value is -4.43. The molecule has 6 rings (SSSR count). The highest BCUT2D eigenvalue weighted by Crippen LogP contribution is 2.47. The summed E-state index contributed by atoms with van der Waals surface area (Å²) in [5, 5.41) is 6.31. The van der Waals surface area contributed by atoms with E-state index in [1.54, 1.807) is 19.1 Å². The number of fused-ring (bicyclic) bond motifs is 3. The normalized spacial score (nSPS) is 26.3. The van der Waals surface area contributed by atoms with Crippen LogP contribution >= 0.6 is 11.3 Å². The lowest BCUT2D eigenvalue weighted by Crippen LogP contribution is -2.53. The van der Waals surface area contributed by atoms with Gasteiger partial charge in [0.25, 0.3) is 0 Å². The van der Waals surface area contributed by atoms with E-state index in [0.717, 1.165) is 30.2 Å². The van der Waals surface area contributed by atoms with Crippen molar-refractivity contribution in [2.45, 2.75) is 63.5 Å². The molecule has 0 unspecified atom stereocenters. The smallest absolute Gasteiger partial charge is 0.332 e. The first-order chi connectivity index (χ1) is 22.7. The molecule has 5 atom stereocenters. The zero-order valence-electron chi connectivity index (χ0n) is 27.2. The highest BCUT2D eigenvalue weighted by atomic mass is 32.1. The molecule has 10 nitrogen and oxygen atoms in total. The number of aryl methyl sites for hydroxylation is 1. The largest absolute Gasteiger partial charge is 0.496 e. The van der Waals surface area contributed by atoms with Crippen molar-refractivity contribution >= 4 is 40.0 Å². The molecule has 246 valence electrons. The predicted molar refractivity (Wildman–Crippen MR) is 179 cm³/mol. The number of nitrogens with zero attached hydrogens (tertiary/aromatic N) is 3. The van der Waals surface area contributed by atoms with Gasteiger partial charge in [-0.2, -0.15) is 0 Å². The first-order valence-corrected chi connectivity index (χ1v) is 17.0. The first kappa shape index (κ1) is 32.5. The van der Waals surface area contributed by atoms with Crippen LogP contribution in [0.1, 0.15) is 56.2 Å². The highest BCUT2D eigenvalue weighted by molar-refractivity contribution is 7.13. The number of rotatable bonds is 5. The van der Waals surface area contributed by atoms with E-state index in [0.29, 0.717) is 65.6 Å². The number of thiazole rings is 1. The van der Waals surface area contributed by atoms with Gasteiger partial charge in [-0.05, 0) is 69.9 Å². The van der Waals surface area contributed by atoms with E-state index in [9.17, 15) is 14.4 Å². The molecule has 3 heterocycles. The van der Waals surface area contributed by atoms with Crippen molar-refractivity contribution in [3.63, 3.8) is 0 Å². The van der Waals surface area contributed by atoms with Gasteiger partial charge in [0.05, 0.1) is 31.8 Å². The number of benzene rings is 1. The monoisotopic (exact) mass is 656 g/mol. The Morgan fingerprint density at radius 1 is 1.15 bits per heavy atom. The standard InChI is InChI=1S/C36H40N4O6S/c1-6-23-20-47-33(37-23)28-18-30(26-14-15-29(44-4)21(2)31(26)38-28)46-24-12-13-25-27(17-24)32(41)39-36(35(43)45-5)19-22(36)11-9-7-8-10-16-40(3)34(25)42/h1,9,11,14-15,18,20,22,24-25,27H,7-8,10,12-13,16-17,19H2,2-5H3,(H,39,41)/t22-,24+,25-,27-,36-/m1/s1. The third-order valence-corrected chi connectivity index (χ3v) is 10.6. The molecule has 3 aromatic rings. The fraction of sp³-hybridized carbons (Fsp3) is 0.472. The summed E-state index contributed by atoms with van der Waals surface area (Å²) in [6.45, 7) is 2.57. The topological polar surface area (TPSA) is 120 Å². The predicted octanol–water partition coefficient (Wildman–Crippen LogP) is 5.07. The summed E-state index contributed by atoms with van der Waals surface area (Å²) in [5.74, 6) is 1.66. The summed E-state index contributed by atoms with van der Waals surface area (Å²) in [5.41, 5.74) is 1.60. The lowest BCUT2D eigenvalue weighted by Gasteiger charge is -2.37. The molecule has 0 spiro atoms. The third kappa shape index (κ3) is 6.31. The van der Waals surface area contributed by atoms with Crippen LogP contribution in [0.4, 0.5) is 0 Å². The number of aromatic nitrogens is 2. The van der Waals surface area contributed by atoms with Crippen LogP contribution in [0.25, 0.3) is 21.6 Å². The van der Waals surface area contributed by atoms with Gasteiger partial charge in [-0.25, -0.2) is 14.8 Å². The molecule has 2 fully saturated rings. The quantitative estimate of drug-likeness (QED) is 0.230. The number of pyridine rings is 1. The maximum Gasteiger partial charge on any atom is 0.332 e. The fourth-order valence-electron chi connectivity index (χ4n) is 6.98. The second-order valence-corrected chi connectivity index (χ2v) is 13.5. The van der Waals surface area contributed by atoms with Crippen LogP contribution in [0.5, 0.6) is 11.5 Å². The van der Waals surface area contributed by atoms with Crippen LogP contribution in [-0.2, 0) is 19.1 Å². The number of ether oxygens (including phenoxy) is 3. The van der Waals surface area contributed by atoms with Crippen molar-refractivity contribution in [2.75, 3.05) is 27.8 Å². The summed E-state index contributed by atoms with van der Waals surface area (Å²) in [6, 6.07) is 5.66. The average molecular weight is 657 g/mol. The zero-order chi connectivity index (χ0) is 33.3. The third-order valence-electron chi connectivity index (χ3n) is 9.76. The number of amides is 2. The van der Waals surface area contributed by atoms with Gasteiger partial charge < -0.3 is 24.4 Å². The van der Waals surface area contributed by atoms with Gasteiger partial charge in [-0.15, -0.1) is 17.8 Å². The van der Waals surface area contributed by atoms with Crippen LogP contribution in [0, 0.1) is 37.0 Å². The number of allylic oxidation sites excluding steroid dienone is 1. The van der Waals surface area contributed by atoms with E-state index in [1.165, 1.54) is 18.4 Å². The second kappa shape index (κ2) is 13.4. The molecule has 0 radical (unpaired) electrons. The Kier molecular flexibility index (Phi) is 9.24. The van der Waals surface area contributed by atoms with E-state index in [4.69, 9.17) is 25.6 Å². The number of terminal acetylenes is 1. The Bertz CT molecular complexity index is 1780. The minimum Gasteiger partial charge on any atom is -0.496 e. The molecule has 1 aromatic carbocycles. The van der Waals surface area contributed by atoms with Gasteiger partial charge in [0.2, 0.25) is 11.8 Å². The number of carbonyl (C=O) groups excluding carboxylic acids is 3. The maximum atomic E-state index is 14.1. The second-order valence-electron chi connectivity index (χ2n) is 12.7. The summed E-state index contributed by atoms with van der Waals surface area (Å²) < 4.78 is 17.5. The molecule has 3 aliphatic rings. The molecule has 0 saturated heterocycles. The van der Waals surface area contributed by atoms with E-state index in [2.05, 4.69) is 22.3 Å². The van der Waals surface area contributed by atoms with Gasteiger partial charge in [0.1, 0.15) is 33.4 Å². The van der Waals surface area contributed by atoms with Crippen LogP contribution in [0.15, 0.2) is 35.7 Å². The van der Waals surface area contributed by atoms with E-state index in [1.807, 2.05) is 36.6 Å². The SMILES string of the molecule is C#Cc1csc(-c2cc(O[C@H]3CC[C@H]4C(=O)N(C)CCCCC=C[C@@H]5C[C@@]5(C(=O)OC)NC(=O)[C@@H]4C3)c3ccc(OC)c(C)c3n2)n1. The van der Waals surface area contributed by atoms with Crippen molar-refractivity contribution in [1.82, 2.24) is 20.2 Å². The minimum atomic E-state index is -1.11. The number of methoxy groups -OCH3 is 2. The van der Waals surface area contributed by atoms with E-state index in [-0.39, 0.29) is 23.8 Å². The average Bonchev–Trinajstić information content (AvgIpc) is 3.55. The molecule has 2 aliphatic carbocycles. The van der Waals surface area contributed by atoms with Crippen molar-refractivity contribution in [3.8, 4) is 34.5 Å². The first-order valence-electron chi connectivity index (χ1n) is 16.1. The van der Waals surface area contributed by atoms with Crippen molar-refractivity contribution < 1.29 is 28.6 Å². The van der Waals surface area contributed by atoms with Gasteiger partial charge >= 0.3 is 5.97 Å². The van der Waals surface area contributed by atoms with Crippen LogP contribution < -0.4 is 14.8 Å². The number of hydrogen-bond acceptors (Lipinski definition) is 9. The molecule has 11 heteroatoms. The number of esters is 1. The molecule has 0 bridgehead atoms. The summed E-state index contributed by atoms with van der Waals surface area (Å²) in [7, 11) is 4.76. The van der Waals surface area contributed by atoms with E-state index < -0.39 is 23.3 Å². The zero-order valence-corrected chi connectivity index (χ0v) is 28.0. The maximum absolute atomic E-state index is 14.1. The van der Waals surface area contributed by atoms with Gasteiger partial charge in [-0.3, -0.25) is 9.59 Å². The molecule has 2 saturated carbocycles. The molecule has 2 aromatic heterocycles. The van der Waals surface area contributed by atoms with Crippen LogP contribution in [0.2, 0.25) is 0 Å². The molecule has 2 amide bonds. The van der Waals surface area contributed by atoms with Gasteiger partial charge in [0, 0.05) is 47.8 Å². The molecule has 1 aliphatic heterocycles. The number of nitrogens with one attached hydrogen (secondary N) is 1. The Labute approximate surface area is 278 Å². The highest BCUT2D eigenvalue weighted by Gasteiger charge is 2.62. The Morgan fingerprint density at radius 3 is 2.72 bits per heavy atom. The van der Waals surface area contributed by atoms with Gasteiger partial charge in [0.15, 0.2) is 0 Å². The molecular formula is C36H40N4O6S.